The maximum absolute atomic E-state index is 12.7. The van der Waals surface area contributed by atoms with E-state index in [9.17, 15) is 34.7 Å². The van der Waals surface area contributed by atoms with Crippen LogP contribution in [0.15, 0.2) is 12.2 Å². The first-order chi connectivity index (χ1) is 17.3. The second-order valence-electron chi connectivity index (χ2n) is 9.58. The van der Waals surface area contributed by atoms with E-state index in [4.69, 9.17) is 9.47 Å². The van der Waals surface area contributed by atoms with Crippen LogP contribution in [-0.2, 0) is 14.3 Å². The van der Waals surface area contributed by atoms with Gasteiger partial charge in [-0.05, 0) is 12.8 Å². The first-order valence-corrected chi connectivity index (χ1v) is 13.5. The number of halogens is 1. The number of carbonyl (C=O) groups is 1. The second kappa shape index (κ2) is 19.9. The third-order valence-corrected chi connectivity index (χ3v) is 6.48. The summed E-state index contributed by atoms with van der Waals surface area (Å²) < 4.78 is 23.4. The van der Waals surface area contributed by atoms with Gasteiger partial charge in [0.1, 0.15) is 24.4 Å². The Kier molecular flexibility index (Phi) is 18.2. The van der Waals surface area contributed by atoms with E-state index in [1.165, 1.54) is 63.9 Å². The number of amides is 1. The van der Waals surface area contributed by atoms with Crippen molar-refractivity contribution in [2.45, 2.75) is 127 Å². The molecular weight excluding hydrogens is 473 g/mol. The Bertz CT molecular complexity index is 594. The van der Waals surface area contributed by atoms with Gasteiger partial charge in [0.15, 0.2) is 13.0 Å². The van der Waals surface area contributed by atoms with E-state index in [1.54, 1.807) is 6.08 Å². The number of hydrogen-bond acceptors (Lipinski definition) is 8. The molecule has 10 heteroatoms. The third kappa shape index (κ3) is 12.9. The van der Waals surface area contributed by atoms with Gasteiger partial charge < -0.3 is 40.3 Å². The van der Waals surface area contributed by atoms with Crippen molar-refractivity contribution in [3.63, 3.8) is 0 Å². The maximum atomic E-state index is 12.7. The topological polar surface area (TPSA) is 149 Å². The predicted octanol–water partition coefficient (Wildman–Crippen LogP) is 1.88. The van der Waals surface area contributed by atoms with Crippen molar-refractivity contribution in [2.24, 2.45) is 0 Å². The van der Waals surface area contributed by atoms with Crippen LogP contribution in [0.4, 0.5) is 4.39 Å². The molecule has 1 rings (SSSR count). The number of unbranched alkanes of at least 4 members (excludes halogenated alkanes) is 11. The van der Waals surface area contributed by atoms with Crippen molar-refractivity contribution in [3.05, 3.63) is 12.2 Å². The molecule has 0 aromatic heterocycles. The van der Waals surface area contributed by atoms with E-state index in [-0.39, 0.29) is 6.61 Å². The highest BCUT2D eigenvalue weighted by Gasteiger charge is 2.44. The lowest BCUT2D eigenvalue weighted by atomic mass is 9.99. The zero-order valence-electron chi connectivity index (χ0n) is 21.6. The molecule has 1 aliphatic rings. The summed E-state index contributed by atoms with van der Waals surface area (Å²) in [7, 11) is 0. The number of nitrogens with one attached hydrogen (secondary N) is 1. The lowest BCUT2D eigenvalue weighted by Crippen LogP contribution is -2.60. The molecule has 0 bridgehead atoms. The van der Waals surface area contributed by atoms with Crippen LogP contribution >= 0.6 is 0 Å². The highest BCUT2D eigenvalue weighted by Crippen LogP contribution is 2.22. The van der Waals surface area contributed by atoms with Gasteiger partial charge in [-0.3, -0.25) is 4.79 Å². The largest absolute Gasteiger partial charge is 0.394 e. The van der Waals surface area contributed by atoms with Crippen LogP contribution in [0.1, 0.15) is 84.0 Å². The van der Waals surface area contributed by atoms with Gasteiger partial charge >= 0.3 is 0 Å². The molecule has 6 N–H and O–H groups in total. The Morgan fingerprint density at radius 3 is 2.11 bits per heavy atom. The third-order valence-electron chi connectivity index (χ3n) is 6.48. The summed E-state index contributed by atoms with van der Waals surface area (Å²) in [5.74, 6) is -0.935. The molecule has 0 aromatic carbocycles. The van der Waals surface area contributed by atoms with Gasteiger partial charge in [-0.1, -0.05) is 83.3 Å². The number of carbonyl (C=O) groups excluding carboxylic acids is 1. The SMILES string of the molecule is CCCCCCCCCCCCCC=CC(O)C(COC1O[C@H](CO)[C@@H](O)[C@H](O)[C@H]1O)NC(=O)CF. The minimum Gasteiger partial charge on any atom is -0.394 e. The van der Waals surface area contributed by atoms with Crippen LogP contribution in [0, 0.1) is 0 Å². The molecule has 0 aromatic rings. The molecule has 212 valence electrons. The quantitative estimate of drug-likeness (QED) is 0.105. The molecule has 1 heterocycles. The first kappa shape index (κ1) is 32.9. The molecule has 36 heavy (non-hydrogen) atoms. The van der Waals surface area contributed by atoms with Crippen molar-refractivity contribution in [1.82, 2.24) is 5.32 Å². The van der Waals surface area contributed by atoms with E-state index in [1.807, 2.05) is 0 Å². The fourth-order valence-corrected chi connectivity index (χ4v) is 4.17. The average molecular weight is 522 g/mol. The summed E-state index contributed by atoms with van der Waals surface area (Å²) in [5, 5.41) is 51.8. The van der Waals surface area contributed by atoms with Crippen molar-refractivity contribution < 1.29 is 44.2 Å². The van der Waals surface area contributed by atoms with E-state index in [2.05, 4.69) is 12.2 Å². The molecule has 3 unspecified atom stereocenters. The Morgan fingerprint density at radius 1 is 0.972 bits per heavy atom. The van der Waals surface area contributed by atoms with Gasteiger partial charge in [0.05, 0.1) is 25.4 Å². The fourth-order valence-electron chi connectivity index (χ4n) is 4.17. The number of aliphatic hydroxyl groups excluding tert-OH is 5. The van der Waals surface area contributed by atoms with E-state index < -0.39 is 62.0 Å². The number of ether oxygens (including phenoxy) is 2. The summed E-state index contributed by atoms with van der Waals surface area (Å²) in [6.07, 6.45) is 9.20. The van der Waals surface area contributed by atoms with Crippen LogP contribution < -0.4 is 5.32 Å². The molecule has 1 amide bonds. The van der Waals surface area contributed by atoms with Crippen LogP contribution in [0.3, 0.4) is 0 Å². The molecule has 1 saturated heterocycles. The summed E-state index contributed by atoms with van der Waals surface area (Å²) in [6, 6.07) is -1.03. The van der Waals surface area contributed by atoms with E-state index >= 15 is 0 Å². The van der Waals surface area contributed by atoms with Crippen molar-refractivity contribution in [2.75, 3.05) is 19.9 Å². The van der Waals surface area contributed by atoms with Gasteiger partial charge in [0.25, 0.3) is 5.91 Å². The predicted molar refractivity (Wildman–Crippen MR) is 134 cm³/mol. The Balaban J connectivity index is 2.37. The van der Waals surface area contributed by atoms with Crippen molar-refractivity contribution >= 4 is 5.91 Å². The van der Waals surface area contributed by atoms with Crippen molar-refractivity contribution in [3.8, 4) is 0 Å². The zero-order chi connectivity index (χ0) is 26.8. The molecular formula is C26H48FNO8. The number of allylic oxidation sites excluding steroid dienone is 1. The minimum atomic E-state index is -1.62. The summed E-state index contributed by atoms with van der Waals surface area (Å²) in [4.78, 5) is 11.6. The van der Waals surface area contributed by atoms with Gasteiger partial charge in [0.2, 0.25) is 0 Å². The fraction of sp³-hybridized carbons (Fsp3) is 0.885. The monoisotopic (exact) mass is 521 g/mol. The van der Waals surface area contributed by atoms with Crippen LogP contribution in [0.5, 0.6) is 0 Å². The molecule has 7 atom stereocenters. The summed E-state index contributed by atoms with van der Waals surface area (Å²) in [6.45, 7) is -0.0252. The summed E-state index contributed by atoms with van der Waals surface area (Å²) in [5.41, 5.74) is 0. The number of rotatable bonds is 20. The Morgan fingerprint density at radius 2 is 1.56 bits per heavy atom. The molecule has 0 spiro atoms. The molecule has 0 radical (unpaired) electrons. The second-order valence-corrected chi connectivity index (χ2v) is 9.58. The molecule has 1 fully saturated rings. The summed E-state index contributed by atoms with van der Waals surface area (Å²) >= 11 is 0. The molecule has 0 saturated carbocycles. The number of hydrogen-bond donors (Lipinski definition) is 6. The highest BCUT2D eigenvalue weighted by molar-refractivity contribution is 5.77. The molecule has 1 aliphatic heterocycles. The first-order valence-electron chi connectivity index (χ1n) is 13.5. The zero-order valence-corrected chi connectivity index (χ0v) is 21.6. The lowest BCUT2D eigenvalue weighted by molar-refractivity contribution is -0.302. The maximum Gasteiger partial charge on any atom is 0.251 e. The van der Waals surface area contributed by atoms with E-state index in [0.717, 1.165) is 19.3 Å². The normalized spacial score (nSPS) is 26.2. The van der Waals surface area contributed by atoms with Crippen molar-refractivity contribution in [1.29, 1.82) is 0 Å². The minimum absolute atomic E-state index is 0.363. The van der Waals surface area contributed by atoms with Crippen LogP contribution in [-0.4, -0.2) is 94.2 Å². The Labute approximate surface area is 214 Å². The van der Waals surface area contributed by atoms with Gasteiger partial charge in [-0.25, -0.2) is 4.39 Å². The Hall–Kier alpha value is -1.14. The van der Waals surface area contributed by atoms with E-state index in [0.29, 0.717) is 0 Å². The van der Waals surface area contributed by atoms with Gasteiger partial charge in [0, 0.05) is 0 Å². The van der Waals surface area contributed by atoms with Crippen LogP contribution in [0.25, 0.3) is 0 Å². The smallest absolute Gasteiger partial charge is 0.251 e. The highest BCUT2D eigenvalue weighted by atomic mass is 19.1. The lowest BCUT2D eigenvalue weighted by Gasteiger charge is -2.40. The van der Waals surface area contributed by atoms with Gasteiger partial charge in [-0.15, -0.1) is 0 Å². The van der Waals surface area contributed by atoms with Crippen LogP contribution in [0.2, 0.25) is 0 Å². The molecule has 9 nitrogen and oxygen atoms in total. The average Bonchev–Trinajstić information content (AvgIpc) is 2.88. The van der Waals surface area contributed by atoms with Gasteiger partial charge in [-0.2, -0.15) is 0 Å². The number of aliphatic hydroxyl groups is 5. The molecule has 0 aliphatic carbocycles. The standard InChI is InChI=1S/C26H48FNO8/c1-2-3-4-5-6-7-8-9-10-11-12-13-14-15-20(30)19(28-22(31)16-27)18-35-26-25(34)24(33)23(32)21(17-29)36-26/h14-15,19-21,23-26,29-30,32-34H,2-13,16-18H2,1H3,(H,28,31)/t19?,20?,21-,23-,24+,25-,26?/m1/s1. The number of alkyl halides is 1.